The normalized spacial score (nSPS) is 12.3. The molecule has 0 spiro atoms. The summed E-state index contributed by atoms with van der Waals surface area (Å²) < 4.78 is 7.09. The molecule has 0 radical (unpaired) electrons. The molecule has 1 atom stereocenters. The van der Waals surface area contributed by atoms with E-state index in [9.17, 15) is 9.59 Å². The van der Waals surface area contributed by atoms with E-state index in [1.54, 1.807) is 17.8 Å². The Morgan fingerprint density at radius 3 is 2.17 bits per heavy atom. The van der Waals surface area contributed by atoms with E-state index in [4.69, 9.17) is 4.74 Å². The molecule has 0 aliphatic rings. The number of carbonyl (C=O) groups excluding carboxylic acids is 2. The molecule has 1 aromatic heterocycles. The number of carbonyl (C=O) groups is 2. The molecular formula is C23H25N3O3. The first-order valence-corrected chi connectivity index (χ1v) is 9.48. The molecule has 29 heavy (non-hydrogen) atoms. The molecule has 0 bridgehead atoms. The Balaban J connectivity index is 1.92. The van der Waals surface area contributed by atoms with Gasteiger partial charge in [0.15, 0.2) is 6.10 Å². The van der Waals surface area contributed by atoms with Crippen molar-refractivity contribution in [2.45, 2.75) is 39.3 Å². The lowest BCUT2D eigenvalue weighted by molar-refractivity contribution is -0.130. The van der Waals surface area contributed by atoms with Gasteiger partial charge in [0.05, 0.1) is 5.69 Å². The molecule has 6 heteroatoms. The van der Waals surface area contributed by atoms with Gasteiger partial charge in [-0.15, -0.1) is 0 Å². The number of nitrogens with one attached hydrogen (secondary N) is 1. The van der Waals surface area contributed by atoms with Gasteiger partial charge in [-0.3, -0.25) is 4.79 Å². The van der Waals surface area contributed by atoms with E-state index in [1.807, 2.05) is 81.4 Å². The Morgan fingerprint density at radius 2 is 1.59 bits per heavy atom. The smallest absolute Gasteiger partial charge is 0.342 e. The molecule has 0 aliphatic heterocycles. The highest BCUT2D eigenvalue weighted by Crippen LogP contribution is 2.24. The zero-order valence-electron chi connectivity index (χ0n) is 17.0. The molecule has 3 rings (SSSR count). The van der Waals surface area contributed by atoms with Crippen molar-refractivity contribution in [1.29, 1.82) is 0 Å². The van der Waals surface area contributed by atoms with Gasteiger partial charge in [-0.1, -0.05) is 48.5 Å². The second-order valence-corrected chi connectivity index (χ2v) is 7.82. The fourth-order valence-electron chi connectivity index (χ4n) is 2.79. The Bertz CT molecular complexity index is 989. The van der Waals surface area contributed by atoms with Crippen LogP contribution in [-0.2, 0) is 9.53 Å². The lowest BCUT2D eigenvalue weighted by atomic mass is 10.1. The number of hydrogen-bond acceptors (Lipinski definition) is 4. The highest BCUT2D eigenvalue weighted by Gasteiger charge is 2.26. The Kier molecular flexibility index (Phi) is 5.82. The quantitative estimate of drug-likeness (QED) is 0.667. The molecule has 1 N–H and O–H groups in total. The van der Waals surface area contributed by atoms with Crippen LogP contribution in [0.2, 0.25) is 0 Å². The monoisotopic (exact) mass is 391 g/mol. The van der Waals surface area contributed by atoms with Gasteiger partial charge >= 0.3 is 5.97 Å². The predicted octanol–water partition coefficient (Wildman–Crippen LogP) is 4.00. The zero-order valence-corrected chi connectivity index (χ0v) is 17.0. The average Bonchev–Trinajstić information content (AvgIpc) is 3.13. The van der Waals surface area contributed by atoms with E-state index in [1.165, 1.54) is 0 Å². The number of ether oxygens (including phenoxy) is 1. The first-order valence-electron chi connectivity index (χ1n) is 9.48. The van der Waals surface area contributed by atoms with Crippen molar-refractivity contribution < 1.29 is 14.3 Å². The molecule has 1 amide bonds. The van der Waals surface area contributed by atoms with Crippen molar-refractivity contribution in [3.05, 3.63) is 72.4 Å². The number of hydrogen-bond donors (Lipinski definition) is 1. The Morgan fingerprint density at radius 1 is 1.00 bits per heavy atom. The number of nitrogens with zero attached hydrogens (tertiary/aromatic N) is 2. The van der Waals surface area contributed by atoms with Gasteiger partial charge in [0, 0.05) is 17.3 Å². The lowest BCUT2D eigenvalue weighted by Gasteiger charge is -2.23. The van der Waals surface area contributed by atoms with Crippen LogP contribution in [0.15, 0.2) is 66.9 Å². The van der Waals surface area contributed by atoms with Crippen LogP contribution in [0.5, 0.6) is 0 Å². The van der Waals surface area contributed by atoms with Gasteiger partial charge < -0.3 is 10.1 Å². The van der Waals surface area contributed by atoms with Crippen LogP contribution in [-0.4, -0.2) is 33.3 Å². The number of aromatic nitrogens is 2. The van der Waals surface area contributed by atoms with E-state index < -0.39 is 17.6 Å². The third-order valence-electron chi connectivity index (χ3n) is 4.15. The maximum absolute atomic E-state index is 12.9. The van der Waals surface area contributed by atoms with Crippen molar-refractivity contribution in [3.8, 4) is 16.9 Å². The van der Waals surface area contributed by atoms with Gasteiger partial charge in [-0.25, -0.2) is 9.48 Å². The second kappa shape index (κ2) is 8.31. The Hall–Kier alpha value is -3.41. The lowest BCUT2D eigenvalue weighted by Crippen LogP contribution is -2.46. The summed E-state index contributed by atoms with van der Waals surface area (Å²) >= 11 is 0. The largest absolute Gasteiger partial charge is 0.449 e. The maximum Gasteiger partial charge on any atom is 0.342 e. The SMILES string of the molecule is CC(OC(=O)c1cn(-c2ccccc2)nc1-c1ccccc1)C(=O)NC(C)(C)C. The van der Waals surface area contributed by atoms with Crippen molar-refractivity contribution in [2.75, 3.05) is 0 Å². The molecule has 0 saturated heterocycles. The van der Waals surface area contributed by atoms with E-state index in [0.717, 1.165) is 11.3 Å². The molecule has 0 saturated carbocycles. The van der Waals surface area contributed by atoms with Crippen molar-refractivity contribution >= 4 is 11.9 Å². The summed E-state index contributed by atoms with van der Waals surface area (Å²) in [6.45, 7) is 7.17. The number of esters is 1. The third-order valence-corrected chi connectivity index (χ3v) is 4.15. The molecule has 0 fully saturated rings. The summed E-state index contributed by atoms with van der Waals surface area (Å²) in [5, 5.41) is 7.41. The third kappa shape index (κ3) is 5.10. The first kappa shape index (κ1) is 20.3. The molecule has 150 valence electrons. The summed E-state index contributed by atoms with van der Waals surface area (Å²) in [4.78, 5) is 25.2. The second-order valence-electron chi connectivity index (χ2n) is 7.82. The van der Waals surface area contributed by atoms with Crippen molar-refractivity contribution in [3.63, 3.8) is 0 Å². The molecular weight excluding hydrogens is 366 g/mol. The molecule has 6 nitrogen and oxygen atoms in total. The van der Waals surface area contributed by atoms with Crippen molar-refractivity contribution in [2.24, 2.45) is 0 Å². The number of benzene rings is 2. The minimum Gasteiger partial charge on any atom is -0.449 e. The van der Waals surface area contributed by atoms with E-state index in [0.29, 0.717) is 11.3 Å². The Labute approximate surface area is 170 Å². The minimum atomic E-state index is -0.926. The van der Waals surface area contributed by atoms with Gasteiger partial charge in [-0.05, 0) is 39.8 Å². The molecule has 3 aromatic rings. The van der Waals surface area contributed by atoms with Gasteiger partial charge in [-0.2, -0.15) is 5.10 Å². The fraction of sp³-hybridized carbons (Fsp3) is 0.261. The van der Waals surface area contributed by atoms with Crippen LogP contribution in [0.25, 0.3) is 16.9 Å². The predicted molar refractivity (Wildman–Crippen MR) is 112 cm³/mol. The van der Waals surface area contributed by atoms with Crippen LogP contribution < -0.4 is 5.32 Å². The highest BCUT2D eigenvalue weighted by atomic mass is 16.5. The van der Waals surface area contributed by atoms with Gasteiger partial charge in [0.25, 0.3) is 5.91 Å². The van der Waals surface area contributed by atoms with Crippen molar-refractivity contribution in [1.82, 2.24) is 15.1 Å². The molecule has 2 aromatic carbocycles. The maximum atomic E-state index is 12.9. The average molecular weight is 391 g/mol. The molecule has 0 aliphatic carbocycles. The van der Waals surface area contributed by atoms with Gasteiger partial charge in [0.2, 0.25) is 0 Å². The molecule has 1 unspecified atom stereocenters. The van der Waals surface area contributed by atoms with Crippen LogP contribution in [0, 0.1) is 0 Å². The summed E-state index contributed by atoms with van der Waals surface area (Å²) in [6, 6.07) is 18.9. The number of amides is 1. The standard InChI is InChI=1S/C23H25N3O3/c1-16(21(27)24-23(2,3)4)29-22(28)19-15-26(18-13-9-6-10-14-18)25-20(19)17-11-7-5-8-12-17/h5-16H,1-4H3,(H,24,27). The summed E-state index contributed by atoms with van der Waals surface area (Å²) in [6.07, 6.45) is 0.708. The topological polar surface area (TPSA) is 73.2 Å². The van der Waals surface area contributed by atoms with E-state index in [-0.39, 0.29) is 5.91 Å². The van der Waals surface area contributed by atoms with E-state index >= 15 is 0 Å². The van der Waals surface area contributed by atoms with Crippen LogP contribution in [0.3, 0.4) is 0 Å². The number of para-hydroxylation sites is 1. The van der Waals surface area contributed by atoms with Crippen LogP contribution >= 0.6 is 0 Å². The summed E-state index contributed by atoms with van der Waals surface area (Å²) in [7, 11) is 0. The minimum absolute atomic E-state index is 0.301. The highest BCUT2D eigenvalue weighted by molar-refractivity contribution is 5.97. The summed E-state index contributed by atoms with van der Waals surface area (Å²) in [5.41, 5.74) is 2.01. The molecule has 1 heterocycles. The first-order chi connectivity index (χ1) is 13.7. The van der Waals surface area contributed by atoms with Crippen LogP contribution in [0.4, 0.5) is 0 Å². The zero-order chi connectivity index (χ0) is 21.0. The summed E-state index contributed by atoms with van der Waals surface area (Å²) in [5.74, 6) is -0.940. The number of rotatable bonds is 5. The fourth-order valence-corrected chi connectivity index (χ4v) is 2.79. The van der Waals surface area contributed by atoms with E-state index in [2.05, 4.69) is 10.4 Å². The van der Waals surface area contributed by atoms with Gasteiger partial charge in [0.1, 0.15) is 11.3 Å². The van der Waals surface area contributed by atoms with Crippen LogP contribution in [0.1, 0.15) is 38.1 Å².